The maximum Gasteiger partial charge on any atom is 0.289 e. The lowest BCUT2D eigenvalue weighted by Gasteiger charge is -2.00. The van der Waals surface area contributed by atoms with Gasteiger partial charge in [0.1, 0.15) is 10.7 Å². The number of nitrogens with one attached hydrogen (secondary N) is 1. The average Bonchev–Trinajstić information content (AvgIpc) is 3.12. The van der Waals surface area contributed by atoms with E-state index in [1.54, 1.807) is 32.4 Å². The minimum Gasteiger partial charge on any atom is -0.436 e. The fraction of sp³-hybridized carbons (Fsp3) is 0.214. The molecule has 0 aliphatic heterocycles. The first-order valence-corrected chi connectivity index (χ1v) is 7.44. The fourth-order valence-electron chi connectivity index (χ4n) is 1.91. The summed E-state index contributed by atoms with van der Waals surface area (Å²) in [6.07, 6.45) is 4.88. The molecular formula is C14H13N5O2S. The predicted octanol–water partition coefficient (Wildman–Crippen LogP) is 2.13. The second kappa shape index (κ2) is 6.02. The molecule has 7 nitrogen and oxygen atoms in total. The Bertz CT molecular complexity index is 797. The van der Waals surface area contributed by atoms with Gasteiger partial charge in [0.25, 0.3) is 5.91 Å². The Morgan fingerprint density at radius 3 is 2.86 bits per heavy atom. The van der Waals surface area contributed by atoms with Crippen LogP contribution in [0, 0.1) is 13.8 Å². The second-order valence-corrected chi connectivity index (χ2v) is 5.42. The molecule has 3 rings (SSSR count). The largest absolute Gasteiger partial charge is 0.436 e. The fourth-order valence-corrected chi connectivity index (χ4v) is 2.69. The minimum atomic E-state index is -0.299. The van der Waals surface area contributed by atoms with Crippen LogP contribution in [0.15, 0.2) is 28.4 Å². The molecule has 0 aliphatic rings. The van der Waals surface area contributed by atoms with Gasteiger partial charge in [0.15, 0.2) is 5.89 Å². The van der Waals surface area contributed by atoms with Crippen LogP contribution in [0.5, 0.6) is 0 Å². The SMILES string of the molecule is Cc1nc(C)c(C(=O)NCc2csc(-c3cnccn3)n2)o1. The lowest BCUT2D eigenvalue weighted by Crippen LogP contribution is -2.23. The van der Waals surface area contributed by atoms with Gasteiger partial charge in [-0.3, -0.25) is 14.8 Å². The van der Waals surface area contributed by atoms with E-state index >= 15 is 0 Å². The number of thiazole rings is 1. The molecule has 22 heavy (non-hydrogen) atoms. The van der Waals surface area contributed by atoms with Crippen molar-refractivity contribution in [2.45, 2.75) is 20.4 Å². The summed E-state index contributed by atoms with van der Waals surface area (Å²) >= 11 is 1.46. The van der Waals surface area contributed by atoms with Crippen LogP contribution < -0.4 is 5.32 Å². The third-order valence-corrected chi connectivity index (χ3v) is 3.79. The van der Waals surface area contributed by atoms with Gasteiger partial charge in [-0.05, 0) is 6.92 Å². The van der Waals surface area contributed by atoms with Gasteiger partial charge in [0, 0.05) is 24.7 Å². The summed E-state index contributed by atoms with van der Waals surface area (Å²) in [5.41, 5.74) is 2.05. The van der Waals surface area contributed by atoms with E-state index in [1.807, 2.05) is 5.38 Å². The quantitative estimate of drug-likeness (QED) is 0.792. The molecule has 3 aromatic heterocycles. The molecule has 112 valence electrons. The Kier molecular flexibility index (Phi) is 3.92. The van der Waals surface area contributed by atoms with Crippen molar-refractivity contribution in [2.24, 2.45) is 0 Å². The highest BCUT2D eigenvalue weighted by molar-refractivity contribution is 7.13. The highest BCUT2D eigenvalue weighted by atomic mass is 32.1. The number of hydrogen-bond donors (Lipinski definition) is 1. The van der Waals surface area contributed by atoms with Gasteiger partial charge in [-0.15, -0.1) is 11.3 Å². The van der Waals surface area contributed by atoms with Gasteiger partial charge < -0.3 is 9.73 Å². The molecule has 0 unspecified atom stereocenters. The van der Waals surface area contributed by atoms with Gasteiger partial charge in [0.05, 0.1) is 24.1 Å². The van der Waals surface area contributed by atoms with Crippen molar-refractivity contribution < 1.29 is 9.21 Å². The molecule has 0 saturated carbocycles. The van der Waals surface area contributed by atoms with Crippen molar-refractivity contribution in [1.29, 1.82) is 0 Å². The molecule has 1 N–H and O–H groups in total. The average molecular weight is 315 g/mol. The Balaban J connectivity index is 1.66. The van der Waals surface area contributed by atoms with Crippen LogP contribution in [0.25, 0.3) is 10.7 Å². The van der Waals surface area contributed by atoms with Crippen LogP contribution in [-0.2, 0) is 6.54 Å². The zero-order chi connectivity index (χ0) is 15.5. The normalized spacial score (nSPS) is 10.6. The molecule has 0 aliphatic carbocycles. The van der Waals surface area contributed by atoms with Crippen LogP contribution >= 0.6 is 11.3 Å². The highest BCUT2D eigenvalue weighted by Crippen LogP contribution is 2.20. The van der Waals surface area contributed by atoms with Crippen molar-refractivity contribution >= 4 is 17.2 Å². The van der Waals surface area contributed by atoms with E-state index in [1.165, 1.54) is 11.3 Å². The summed E-state index contributed by atoms with van der Waals surface area (Å²) in [4.78, 5) is 28.7. The van der Waals surface area contributed by atoms with E-state index in [2.05, 4.69) is 25.3 Å². The van der Waals surface area contributed by atoms with Crippen LogP contribution in [0.4, 0.5) is 0 Å². The Labute approximate surface area is 130 Å². The zero-order valence-corrected chi connectivity index (χ0v) is 12.8. The zero-order valence-electron chi connectivity index (χ0n) is 12.0. The summed E-state index contributed by atoms with van der Waals surface area (Å²) in [5.74, 6) is 0.412. The van der Waals surface area contributed by atoms with Gasteiger partial charge in [-0.2, -0.15) is 0 Å². The minimum absolute atomic E-state index is 0.238. The third kappa shape index (κ3) is 3.01. The first-order valence-electron chi connectivity index (χ1n) is 6.56. The number of amides is 1. The first-order chi connectivity index (χ1) is 10.6. The van der Waals surface area contributed by atoms with E-state index in [0.717, 1.165) is 10.7 Å². The number of carbonyl (C=O) groups excluding carboxylic acids is 1. The molecular weight excluding hydrogens is 302 g/mol. The van der Waals surface area contributed by atoms with Crippen LogP contribution in [0.1, 0.15) is 27.8 Å². The summed E-state index contributed by atoms with van der Waals surface area (Å²) in [6, 6.07) is 0. The molecule has 0 spiro atoms. The Morgan fingerprint density at radius 2 is 2.18 bits per heavy atom. The van der Waals surface area contributed by atoms with Gasteiger partial charge in [0.2, 0.25) is 5.76 Å². The molecule has 8 heteroatoms. The first kappa shape index (κ1) is 14.3. The van der Waals surface area contributed by atoms with E-state index in [0.29, 0.717) is 23.8 Å². The van der Waals surface area contributed by atoms with E-state index in [9.17, 15) is 4.79 Å². The molecule has 3 heterocycles. The lowest BCUT2D eigenvalue weighted by molar-refractivity contribution is 0.0920. The van der Waals surface area contributed by atoms with Crippen LogP contribution in [0.2, 0.25) is 0 Å². The number of aromatic nitrogens is 4. The summed E-state index contributed by atoms with van der Waals surface area (Å²) in [6.45, 7) is 3.76. The molecule has 0 atom stereocenters. The standard InChI is InChI=1S/C14H13N5O2S/c1-8-12(21-9(2)18-8)13(20)17-5-10-7-22-14(19-10)11-6-15-3-4-16-11/h3-4,6-7H,5H2,1-2H3,(H,17,20). The molecule has 0 fully saturated rings. The smallest absolute Gasteiger partial charge is 0.289 e. The number of nitrogens with zero attached hydrogens (tertiary/aromatic N) is 4. The number of rotatable bonds is 4. The van der Waals surface area contributed by atoms with Crippen molar-refractivity contribution in [1.82, 2.24) is 25.3 Å². The Morgan fingerprint density at radius 1 is 1.32 bits per heavy atom. The summed E-state index contributed by atoms with van der Waals surface area (Å²) in [5, 5.41) is 5.42. The van der Waals surface area contributed by atoms with Crippen molar-refractivity contribution in [3.05, 3.63) is 47.0 Å². The lowest BCUT2D eigenvalue weighted by atomic mass is 10.3. The van der Waals surface area contributed by atoms with Gasteiger partial charge >= 0.3 is 0 Å². The number of carbonyl (C=O) groups is 1. The second-order valence-electron chi connectivity index (χ2n) is 4.56. The number of aryl methyl sites for hydroxylation is 2. The molecule has 0 bridgehead atoms. The van der Waals surface area contributed by atoms with E-state index in [-0.39, 0.29) is 11.7 Å². The van der Waals surface area contributed by atoms with Crippen LogP contribution in [0.3, 0.4) is 0 Å². The van der Waals surface area contributed by atoms with Gasteiger partial charge in [-0.25, -0.2) is 9.97 Å². The summed E-state index contributed by atoms with van der Waals surface area (Å²) in [7, 11) is 0. The molecule has 0 radical (unpaired) electrons. The third-order valence-electron chi connectivity index (χ3n) is 2.87. The topological polar surface area (TPSA) is 93.8 Å². The van der Waals surface area contributed by atoms with Crippen LogP contribution in [-0.4, -0.2) is 25.8 Å². The van der Waals surface area contributed by atoms with E-state index in [4.69, 9.17) is 4.42 Å². The Hall–Kier alpha value is -2.61. The van der Waals surface area contributed by atoms with E-state index < -0.39 is 0 Å². The number of oxazole rings is 1. The molecule has 0 saturated heterocycles. The molecule has 1 amide bonds. The summed E-state index contributed by atoms with van der Waals surface area (Å²) < 4.78 is 5.28. The molecule has 0 aromatic carbocycles. The maximum atomic E-state index is 12.0. The van der Waals surface area contributed by atoms with Crippen molar-refractivity contribution in [3.8, 4) is 10.7 Å². The predicted molar refractivity (Wildman–Crippen MR) is 80.3 cm³/mol. The highest BCUT2D eigenvalue weighted by Gasteiger charge is 2.16. The number of hydrogen-bond acceptors (Lipinski definition) is 7. The van der Waals surface area contributed by atoms with Gasteiger partial charge in [-0.1, -0.05) is 0 Å². The monoisotopic (exact) mass is 315 g/mol. The molecule has 3 aromatic rings. The van der Waals surface area contributed by atoms with Crippen molar-refractivity contribution in [2.75, 3.05) is 0 Å². The maximum absolute atomic E-state index is 12.0. The van der Waals surface area contributed by atoms with Crippen molar-refractivity contribution in [3.63, 3.8) is 0 Å².